The number of rotatable bonds is 7. The van der Waals surface area contributed by atoms with E-state index in [9.17, 15) is 14.9 Å². The van der Waals surface area contributed by atoms with Gasteiger partial charge in [0.1, 0.15) is 5.60 Å². The third-order valence-corrected chi connectivity index (χ3v) is 14.3. The SMILES string of the molecule is CCC12OC(CCO[Si](C)(C)C(C)(C)C)(CC1OC)C1C(=O)N(c3ccc(C#N)c4ccccc34)C(=O)C12. The molecule has 3 aliphatic rings. The first-order valence-corrected chi connectivity index (χ1v) is 16.4. The first-order valence-electron chi connectivity index (χ1n) is 13.5. The van der Waals surface area contributed by atoms with Crippen LogP contribution < -0.4 is 4.90 Å². The molecule has 38 heavy (non-hydrogen) atoms. The molecule has 0 spiro atoms. The predicted octanol–water partition coefficient (Wildman–Crippen LogP) is 5.57. The number of carbonyl (C=O) groups excluding carboxylic acids is 2. The van der Waals surface area contributed by atoms with Gasteiger partial charge in [-0.05, 0) is 43.1 Å². The normalized spacial score (nSPS) is 30.8. The largest absolute Gasteiger partial charge is 0.417 e. The van der Waals surface area contributed by atoms with Crippen LogP contribution in [0, 0.1) is 23.2 Å². The summed E-state index contributed by atoms with van der Waals surface area (Å²) in [7, 11) is -0.346. The van der Waals surface area contributed by atoms with Gasteiger partial charge in [0, 0.05) is 30.9 Å². The lowest BCUT2D eigenvalue weighted by atomic mass is 9.64. The van der Waals surface area contributed by atoms with E-state index in [4.69, 9.17) is 13.9 Å². The molecule has 2 amide bonds. The summed E-state index contributed by atoms with van der Waals surface area (Å²) in [6.45, 7) is 13.5. The highest BCUT2D eigenvalue weighted by molar-refractivity contribution is 6.74. The van der Waals surface area contributed by atoms with Gasteiger partial charge in [0.05, 0.1) is 40.9 Å². The minimum absolute atomic E-state index is 0.0637. The van der Waals surface area contributed by atoms with Crippen LogP contribution in [0.2, 0.25) is 18.1 Å². The quantitative estimate of drug-likeness (QED) is 0.341. The summed E-state index contributed by atoms with van der Waals surface area (Å²) in [6.07, 6.45) is 1.37. The zero-order valence-corrected chi connectivity index (χ0v) is 24.5. The van der Waals surface area contributed by atoms with Crippen molar-refractivity contribution >= 4 is 36.6 Å². The Morgan fingerprint density at radius 2 is 1.76 bits per heavy atom. The minimum atomic E-state index is -2.01. The van der Waals surface area contributed by atoms with Crippen molar-refractivity contribution in [2.24, 2.45) is 11.8 Å². The molecule has 3 saturated heterocycles. The van der Waals surface area contributed by atoms with E-state index in [1.807, 2.05) is 31.2 Å². The number of hydrogen-bond donors (Lipinski definition) is 0. The van der Waals surface area contributed by atoms with Gasteiger partial charge in [0.25, 0.3) is 0 Å². The number of anilines is 1. The van der Waals surface area contributed by atoms with Crippen molar-refractivity contribution in [2.45, 2.75) is 82.4 Å². The van der Waals surface area contributed by atoms with Gasteiger partial charge < -0.3 is 13.9 Å². The second kappa shape index (κ2) is 8.99. The number of fused-ring (bicyclic) bond motifs is 6. The highest BCUT2D eigenvalue weighted by Crippen LogP contribution is 2.64. The Kier molecular flexibility index (Phi) is 6.39. The van der Waals surface area contributed by atoms with Gasteiger partial charge in [-0.15, -0.1) is 0 Å². The highest BCUT2D eigenvalue weighted by Gasteiger charge is 2.78. The first kappa shape index (κ1) is 27.0. The van der Waals surface area contributed by atoms with Crippen LogP contribution in [0.25, 0.3) is 10.8 Å². The molecule has 0 saturated carbocycles. The molecule has 3 heterocycles. The van der Waals surface area contributed by atoms with Crippen LogP contribution in [0.4, 0.5) is 5.69 Å². The highest BCUT2D eigenvalue weighted by atomic mass is 28.4. The van der Waals surface area contributed by atoms with E-state index < -0.39 is 31.4 Å². The fourth-order valence-corrected chi connectivity index (χ4v) is 7.78. The lowest BCUT2D eigenvalue weighted by molar-refractivity contribution is -0.138. The molecular formula is C30H38N2O5Si. The van der Waals surface area contributed by atoms with Gasteiger partial charge in [-0.1, -0.05) is 52.0 Å². The van der Waals surface area contributed by atoms with Gasteiger partial charge in [0.2, 0.25) is 11.8 Å². The number of hydrogen-bond acceptors (Lipinski definition) is 6. The van der Waals surface area contributed by atoms with Crippen molar-refractivity contribution < 1.29 is 23.5 Å². The fourth-order valence-electron chi connectivity index (χ4n) is 6.74. The molecule has 2 aromatic rings. The summed E-state index contributed by atoms with van der Waals surface area (Å²) in [6, 6.07) is 13.1. The lowest BCUT2D eigenvalue weighted by Gasteiger charge is -2.38. The molecule has 5 rings (SSSR count). The first-order chi connectivity index (χ1) is 17.9. The van der Waals surface area contributed by atoms with Crippen LogP contribution in [0.5, 0.6) is 0 Å². The van der Waals surface area contributed by atoms with E-state index in [1.165, 1.54) is 4.90 Å². The third-order valence-electron chi connectivity index (χ3n) is 9.76. The Hall–Kier alpha value is -2.57. The smallest absolute Gasteiger partial charge is 0.240 e. The fraction of sp³-hybridized carbons (Fsp3) is 0.567. The van der Waals surface area contributed by atoms with E-state index in [1.54, 1.807) is 19.2 Å². The number of ether oxygens (including phenoxy) is 2. The van der Waals surface area contributed by atoms with E-state index in [-0.39, 0.29) is 23.0 Å². The summed E-state index contributed by atoms with van der Waals surface area (Å²) in [5, 5.41) is 11.1. The van der Waals surface area contributed by atoms with Gasteiger partial charge in [-0.2, -0.15) is 5.26 Å². The molecule has 0 aromatic heterocycles. The number of nitrogens with zero attached hydrogens (tertiary/aromatic N) is 2. The number of amides is 2. The molecular weight excluding hydrogens is 496 g/mol. The van der Waals surface area contributed by atoms with Gasteiger partial charge in [-0.3, -0.25) is 9.59 Å². The van der Waals surface area contributed by atoms with E-state index >= 15 is 0 Å². The topological polar surface area (TPSA) is 88.9 Å². The van der Waals surface area contributed by atoms with Crippen molar-refractivity contribution in [1.29, 1.82) is 5.26 Å². The van der Waals surface area contributed by atoms with Crippen molar-refractivity contribution in [2.75, 3.05) is 18.6 Å². The number of benzene rings is 2. The Balaban J connectivity index is 1.56. The molecule has 5 unspecified atom stereocenters. The molecule has 3 aliphatic heterocycles. The average molecular weight is 535 g/mol. The molecule has 0 N–H and O–H groups in total. The summed E-state index contributed by atoms with van der Waals surface area (Å²) < 4.78 is 19.3. The van der Waals surface area contributed by atoms with E-state index in [2.05, 4.69) is 39.9 Å². The summed E-state index contributed by atoms with van der Waals surface area (Å²) in [5.74, 6) is -1.70. The van der Waals surface area contributed by atoms with Crippen molar-refractivity contribution in [3.63, 3.8) is 0 Å². The Bertz CT molecular complexity index is 1340. The van der Waals surface area contributed by atoms with Crippen LogP contribution >= 0.6 is 0 Å². The molecule has 8 heteroatoms. The molecule has 5 atom stereocenters. The maximum Gasteiger partial charge on any atom is 0.240 e. The summed E-state index contributed by atoms with van der Waals surface area (Å²) in [4.78, 5) is 29.8. The van der Waals surface area contributed by atoms with Crippen molar-refractivity contribution in [3.05, 3.63) is 42.0 Å². The molecule has 2 bridgehead atoms. The molecule has 202 valence electrons. The Labute approximate surface area is 226 Å². The Morgan fingerprint density at radius 3 is 2.37 bits per heavy atom. The van der Waals surface area contributed by atoms with Crippen molar-refractivity contribution in [1.82, 2.24) is 0 Å². The van der Waals surface area contributed by atoms with Crippen LogP contribution in [0.3, 0.4) is 0 Å². The molecule has 0 aliphatic carbocycles. The number of methoxy groups -OCH3 is 1. The Morgan fingerprint density at radius 1 is 1.11 bits per heavy atom. The van der Waals surface area contributed by atoms with Crippen LogP contribution in [-0.2, 0) is 23.5 Å². The van der Waals surface area contributed by atoms with E-state index in [0.29, 0.717) is 42.5 Å². The number of nitriles is 1. The molecule has 0 radical (unpaired) electrons. The average Bonchev–Trinajstić information content (AvgIpc) is 3.46. The van der Waals surface area contributed by atoms with Crippen LogP contribution in [0.15, 0.2) is 36.4 Å². The standard InChI is InChI=1S/C30H38N2O5Si/c1-8-30-23(35-5)17-29(37-30,15-16-36-38(6,7)28(2,3)4)24-25(30)27(34)32(26(24)33)22-14-13-19(18-31)20-11-9-10-12-21(20)22/h9-14,23-25H,8,15-17H2,1-7H3. The molecule has 3 fully saturated rings. The molecule has 7 nitrogen and oxygen atoms in total. The minimum Gasteiger partial charge on any atom is -0.417 e. The lowest BCUT2D eigenvalue weighted by Crippen LogP contribution is -2.52. The van der Waals surface area contributed by atoms with Gasteiger partial charge in [0.15, 0.2) is 8.32 Å². The monoisotopic (exact) mass is 534 g/mol. The van der Waals surface area contributed by atoms with Crippen molar-refractivity contribution in [3.8, 4) is 6.07 Å². The van der Waals surface area contributed by atoms with E-state index in [0.717, 1.165) is 5.39 Å². The summed E-state index contributed by atoms with van der Waals surface area (Å²) in [5.41, 5.74) is -0.652. The maximum atomic E-state index is 14.3. The predicted molar refractivity (Wildman–Crippen MR) is 148 cm³/mol. The summed E-state index contributed by atoms with van der Waals surface area (Å²) >= 11 is 0. The third kappa shape index (κ3) is 3.63. The second-order valence-corrected chi connectivity index (χ2v) is 17.3. The second-order valence-electron chi connectivity index (χ2n) is 12.5. The van der Waals surface area contributed by atoms with Gasteiger partial charge >= 0.3 is 0 Å². The molecule has 2 aromatic carbocycles. The van der Waals surface area contributed by atoms with Gasteiger partial charge in [-0.25, -0.2) is 4.90 Å². The number of carbonyl (C=O) groups is 2. The maximum absolute atomic E-state index is 14.3. The number of imide groups is 1. The van der Waals surface area contributed by atoms with Crippen LogP contribution in [-0.4, -0.2) is 51.2 Å². The zero-order valence-electron chi connectivity index (χ0n) is 23.5. The van der Waals surface area contributed by atoms with Crippen LogP contribution in [0.1, 0.15) is 52.5 Å². The zero-order chi connectivity index (χ0) is 27.7.